The minimum atomic E-state index is -0.752. The van der Waals surface area contributed by atoms with Gasteiger partial charge in [-0.25, -0.2) is 0 Å². The highest BCUT2D eigenvalue weighted by Gasteiger charge is 2.46. The summed E-state index contributed by atoms with van der Waals surface area (Å²) in [5, 5.41) is 7.67. The van der Waals surface area contributed by atoms with Gasteiger partial charge in [-0.15, -0.1) is 0 Å². The maximum atomic E-state index is 14.1. The number of rotatable bonds is 8. The van der Waals surface area contributed by atoms with Crippen molar-refractivity contribution < 1.29 is 57.4 Å². The zero-order valence-electron chi connectivity index (χ0n) is 42.0. The third-order valence-electron chi connectivity index (χ3n) is 17.5. The van der Waals surface area contributed by atoms with Gasteiger partial charge in [-0.3, -0.25) is 59.1 Å². The summed E-state index contributed by atoms with van der Waals surface area (Å²) in [7, 11) is 0. The minimum Gasteiger partial charge on any atom is -0.489 e. The van der Waals surface area contributed by atoms with Crippen molar-refractivity contribution in [3.63, 3.8) is 0 Å². The van der Waals surface area contributed by atoms with E-state index in [0.717, 1.165) is 33.5 Å². The SMILES string of the molecule is O=C1CCC(c2cccc3c2OC(c2ccc4c(c2C2CCC(=O)CC2)OC(c2ccc5c(c2C2CCC(=O)CC2)OCCN5C2CCC(=O)NC2=O)CN4[C@@H]2CCC(=O)NC2=O)CN3[C@H]2CCC(=O)NC2=O)CC1. The summed E-state index contributed by atoms with van der Waals surface area (Å²) in [5.74, 6) is -0.0894. The summed E-state index contributed by atoms with van der Waals surface area (Å²) < 4.78 is 21.5. The number of nitrogens with one attached hydrogen (secondary N) is 3. The van der Waals surface area contributed by atoms with Crippen LogP contribution in [0.5, 0.6) is 17.2 Å². The lowest BCUT2D eigenvalue weighted by atomic mass is 9.78. The maximum absolute atomic E-state index is 14.1. The molecule has 3 unspecified atom stereocenters. The molecular formula is C57H62N6O12. The molecule has 18 heteroatoms. The molecule has 3 aliphatic carbocycles. The zero-order chi connectivity index (χ0) is 51.6. The van der Waals surface area contributed by atoms with Crippen molar-refractivity contribution in [2.24, 2.45) is 0 Å². The molecule has 75 heavy (non-hydrogen) atoms. The smallest absolute Gasteiger partial charge is 0.249 e. The van der Waals surface area contributed by atoms with Crippen LogP contribution in [-0.4, -0.2) is 97.2 Å². The van der Waals surface area contributed by atoms with Crippen LogP contribution in [0.25, 0.3) is 0 Å². The lowest BCUT2D eigenvalue weighted by molar-refractivity contribution is -0.135. The number of benzene rings is 3. The number of ketones is 3. The number of amides is 6. The molecule has 3 aromatic carbocycles. The van der Waals surface area contributed by atoms with Crippen molar-refractivity contribution in [3.05, 3.63) is 70.3 Å². The van der Waals surface area contributed by atoms with E-state index >= 15 is 0 Å². The van der Waals surface area contributed by atoms with Crippen molar-refractivity contribution in [1.82, 2.24) is 16.0 Å². The van der Waals surface area contributed by atoms with Gasteiger partial charge in [-0.05, 0) is 99.3 Å². The highest BCUT2D eigenvalue weighted by Crippen LogP contribution is 2.55. The molecule has 5 atom stereocenters. The standard InChI is InChI=1S/C57H62N6O12/c64-33-10-4-30(5-11-33)36-2-1-3-39-52(36)74-45(28-62(39)43-21-24-48(68)59-56(43)71)38-17-19-41-54(51(38)32-8-14-35(66)15-9-32)75-46(29-63(41)44-22-25-49(69)60-57(44)72)37-16-18-40-53(50(37)31-6-12-34(65)13-7-31)73-27-26-61(40)42-20-23-47(67)58-55(42)70/h1-3,16-19,30-32,42-46H,4-15,20-29H2,(H,58,67,70)(H,59,68,71)(H,60,69,72)/t42?,43-,44+,45?,46?/m0/s1. The first kappa shape index (κ1) is 48.8. The Hall–Kier alpha value is -7.11. The van der Waals surface area contributed by atoms with Crippen LogP contribution < -0.4 is 44.9 Å². The van der Waals surface area contributed by atoms with Gasteiger partial charge >= 0.3 is 0 Å². The molecule has 18 nitrogen and oxygen atoms in total. The van der Waals surface area contributed by atoms with E-state index in [1.165, 1.54) is 0 Å². The Morgan fingerprint density at radius 1 is 0.400 bits per heavy atom. The number of Topliss-reactive ketones (excluding diaryl/α,β-unsaturated/α-hetero) is 3. The van der Waals surface area contributed by atoms with Gasteiger partial charge in [0.25, 0.3) is 0 Å². The highest BCUT2D eigenvalue weighted by atomic mass is 16.5. The molecule has 0 bridgehead atoms. The number of imide groups is 3. The van der Waals surface area contributed by atoms with Crippen molar-refractivity contribution in [2.45, 2.75) is 164 Å². The van der Waals surface area contributed by atoms with E-state index in [-0.39, 0.29) is 110 Å². The number of nitrogens with zero attached hydrogens (tertiary/aromatic N) is 3. The molecule has 6 amide bonds. The second-order valence-electron chi connectivity index (χ2n) is 21.9. The molecule has 6 aliphatic heterocycles. The van der Waals surface area contributed by atoms with E-state index < -0.39 is 36.2 Å². The summed E-state index contributed by atoms with van der Waals surface area (Å²) in [5.41, 5.74) is 6.38. The maximum Gasteiger partial charge on any atom is 0.249 e. The van der Waals surface area contributed by atoms with Crippen LogP contribution in [0.15, 0.2) is 42.5 Å². The Labute approximate surface area is 433 Å². The molecule has 3 aromatic rings. The number of hydrogen-bond donors (Lipinski definition) is 3. The van der Waals surface area contributed by atoms with Crippen molar-refractivity contribution in [1.29, 1.82) is 0 Å². The normalized spacial score (nSPS) is 27.1. The Bertz CT molecular complexity index is 2920. The van der Waals surface area contributed by atoms with E-state index in [2.05, 4.69) is 20.9 Å². The van der Waals surface area contributed by atoms with Crippen molar-refractivity contribution >= 4 is 69.9 Å². The number of carbonyl (C=O) groups is 9. The minimum absolute atomic E-state index is 0.0340. The van der Waals surface area contributed by atoms with Crippen molar-refractivity contribution in [2.75, 3.05) is 40.9 Å². The third-order valence-corrected chi connectivity index (χ3v) is 17.5. The van der Waals surface area contributed by atoms with Crippen LogP contribution in [-0.2, 0) is 43.2 Å². The number of fused-ring (bicyclic) bond motifs is 3. The number of anilines is 3. The second kappa shape index (κ2) is 19.9. The third kappa shape index (κ3) is 9.10. The Morgan fingerprint density at radius 3 is 1.29 bits per heavy atom. The van der Waals surface area contributed by atoms with Crippen LogP contribution in [0.4, 0.5) is 17.1 Å². The molecule has 6 fully saturated rings. The van der Waals surface area contributed by atoms with Gasteiger partial charge in [0, 0.05) is 80.0 Å². The van der Waals surface area contributed by atoms with Crippen LogP contribution >= 0.6 is 0 Å². The molecule has 6 heterocycles. The van der Waals surface area contributed by atoms with Crippen LogP contribution in [0.1, 0.15) is 173 Å². The molecule has 12 rings (SSSR count). The van der Waals surface area contributed by atoms with Gasteiger partial charge in [0.1, 0.15) is 71.5 Å². The van der Waals surface area contributed by atoms with Gasteiger partial charge in [0.2, 0.25) is 35.4 Å². The first-order valence-corrected chi connectivity index (χ1v) is 27.2. The number of ether oxygens (including phenoxy) is 3. The van der Waals surface area contributed by atoms with E-state index in [4.69, 9.17) is 14.2 Å². The van der Waals surface area contributed by atoms with Crippen LogP contribution in [0.2, 0.25) is 0 Å². The predicted molar refractivity (Wildman–Crippen MR) is 271 cm³/mol. The summed E-state index contributed by atoms with van der Waals surface area (Å²) in [6.45, 7) is 1.14. The first-order valence-electron chi connectivity index (χ1n) is 27.2. The lowest BCUT2D eigenvalue weighted by Crippen LogP contribution is -2.55. The first-order chi connectivity index (χ1) is 36.4. The average molecular weight is 1020 g/mol. The molecule has 0 radical (unpaired) electrons. The Balaban J connectivity index is 1.02. The number of para-hydroxylation sites is 1. The topological polar surface area (TPSA) is 227 Å². The fourth-order valence-electron chi connectivity index (χ4n) is 13.7. The summed E-state index contributed by atoms with van der Waals surface area (Å²) >= 11 is 0. The molecule has 3 saturated carbocycles. The molecule has 3 saturated heterocycles. The average Bonchev–Trinajstić information content (AvgIpc) is 3.40. The number of carbonyl (C=O) groups excluding carboxylic acids is 9. The van der Waals surface area contributed by atoms with Crippen LogP contribution in [0, 0.1) is 0 Å². The largest absolute Gasteiger partial charge is 0.489 e. The van der Waals surface area contributed by atoms with Gasteiger partial charge in [0.05, 0.1) is 36.7 Å². The fourth-order valence-corrected chi connectivity index (χ4v) is 13.7. The van der Waals surface area contributed by atoms with E-state index in [1.807, 2.05) is 52.3 Å². The molecule has 3 N–H and O–H groups in total. The van der Waals surface area contributed by atoms with Crippen LogP contribution in [0.3, 0.4) is 0 Å². The number of piperidine rings is 3. The van der Waals surface area contributed by atoms with E-state index in [1.54, 1.807) is 0 Å². The Kier molecular flexibility index (Phi) is 12.9. The summed E-state index contributed by atoms with van der Waals surface area (Å²) in [4.78, 5) is 124. The zero-order valence-corrected chi connectivity index (χ0v) is 42.0. The highest BCUT2D eigenvalue weighted by molar-refractivity contribution is 6.04. The second-order valence-corrected chi connectivity index (χ2v) is 21.9. The Morgan fingerprint density at radius 2 is 0.813 bits per heavy atom. The van der Waals surface area contributed by atoms with Gasteiger partial charge in [-0.2, -0.15) is 0 Å². The lowest BCUT2D eigenvalue weighted by Gasteiger charge is -2.46. The van der Waals surface area contributed by atoms with Crippen molar-refractivity contribution in [3.8, 4) is 17.2 Å². The number of hydrogen-bond acceptors (Lipinski definition) is 15. The fraction of sp³-hybridized carbons (Fsp3) is 0.526. The molecule has 0 spiro atoms. The van der Waals surface area contributed by atoms with Gasteiger partial charge < -0.3 is 28.9 Å². The monoisotopic (exact) mass is 1020 g/mol. The quantitative estimate of drug-likeness (QED) is 0.225. The molecule has 392 valence electrons. The summed E-state index contributed by atoms with van der Waals surface area (Å²) in [6.07, 6.45) is 5.93. The van der Waals surface area contributed by atoms with Gasteiger partial charge in [-0.1, -0.05) is 24.3 Å². The molecule has 0 aromatic heterocycles. The van der Waals surface area contributed by atoms with E-state index in [0.29, 0.717) is 125 Å². The van der Waals surface area contributed by atoms with E-state index in [9.17, 15) is 43.2 Å². The molecule has 9 aliphatic rings. The predicted octanol–water partition coefficient (Wildman–Crippen LogP) is 5.86. The van der Waals surface area contributed by atoms with Gasteiger partial charge in [0.15, 0.2) is 0 Å². The summed E-state index contributed by atoms with van der Waals surface area (Å²) in [6, 6.07) is 11.9. The molecular weight excluding hydrogens is 961 g/mol.